The molecule has 1 aromatic heterocycles. The lowest BCUT2D eigenvalue weighted by Gasteiger charge is -2.00. The summed E-state index contributed by atoms with van der Waals surface area (Å²) in [5, 5.41) is 0. The van der Waals surface area contributed by atoms with Crippen molar-refractivity contribution >= 4 is 34.2 Å². The molecule has 0 N–H and O–H groups in total. The van der Waals surface area contributed by atoms with Gasteiger partial charge in [0.25, 0.3) is 5.56 Å². The van der Waals surface area contributed by atoms with Gasteiger partial charge in [-0.1, -0.05) is 0 Å². The fourth-order valence-electron chi connectivity index (χ4n) is 0.674. The van der Waals surface area contributed by atoms with Gasteiger partial charge in [0.2, 0.25) is 0 Å². The van der Waals surface area contributed by atoms with Crippen LogP contribution >= 0.6 is 34.2 Å². The van der Waals surface area contributed by atoms with Gasteiger partial charge >= 0.3 is 0 Å². The molecule has 0 atom stereocenters. The maximum atomic E-state index is 11.2. The number of halogens is 2. The molecule has 3 nitrogen and oxygen atoms in total. The van der Waals surface area contributed by atoms with E-state index in [1.54, 1.807) is 0 Å². The third kappa shape index (κ3) is 2.16. The van der Waals surface area contributed by atoms with Gasteiger partial charge in [0.05, 0.1) is 9.90 Å². The molecule has 0 amide bonds. The molecular formula is C6H6ClIN2O. The molecule has 11 heavy (non-hydrogen) atoms. The molecule has 1 aromatic rings. The zero-order valence-corrected chi connectivity index (χ0v) is 8.54. The van der Waals surface area contributed by atoms with Crippen molar-refractivity contribution in [1.29, 1.82) is 0 Å². The highest BCUT2D eigenvalue weighted by molar-refractivity contribution is 14.1. The van der Waals surface area contributed by atoms with Gasteiger partial charge in [-0.3, -0.25) is 9.36 Å². The Bertz CT molecular complexity index is 299. The molecule has 5 heteroatoms. The Labute approximate surface area is 82.5 Å². The Hall–Kier alpha value is -0.100. The summed E-state index contributed by atoms with van der Waals surface area (Å²) in [5.41, 5.74) is -0.0266. The zero-order chi connectivity index (χ0) is 8.27. The van der Waals surface area contributed by atoms with Gasteiger partial charge in [0, 0.05) is 18.6 Å². The Morgan fingerprint density at radius 2 is 2.45 bits per heavy atom. The maximum Gasteiger partial charge on any atom is 0.266 e. The van der Waals surface area contributed by atoms with Gasteiger partial charge in [-0.15, -0.1) is 11.6 Å². The Balaban J connectivity index is 3.07. The molecule has 0 radical (unpaired) electrons. The summed E-state index contributed by atoms with van der Waals surface area (Å²) in [5.74, 6) is 0.432. The lowest BCUT2D eigenvalue weighted by molar-refractivity contribution is 0.706. The van der Waals surface area contributed by atoms with Crippen LogP contribution in [0.15, 0.2) is 17.3 Å². The molecular weight excluding hydrogens is 278 g/mol. The number of aromatic nitrogens is 2. The van der Waals surface area contributed by atoms with Crippen molar-refractivity contribution in [3.8, 4) is 0 Å². The predicted octanol–water partition coefficient (Wildman–Crippen LogP) is 1.09. The van der Waals surface area contributed by atoms with Crippen molar-refractivity contribution in [2.45, 2.75) is 6.54 Å². The lowest BCUT2D eigenvalue weighted by Crippen LogP contribution is -2.22. The molecule has 0 saturated carbocycles. The van der Waals surface area contributed by atoms with Crippen molar-refractivity contribution in [2.24, 2.45) is 0 Å². The molecule has 0 aliphatic heterocycles. The highest BCUT2D eigenvalue weighted by Crippen LogP contribution is 1.93. The molecule has 0 aliphatic rings. The van der Waals surface area contributed by atoms with E-state index in [0.29, 0.717) is 16.0 Å². The normalized spacial score (nSPS) is 10.0. The summed E-state index contributed by atoms with van der Waals surface area (Å²) in [7, 11) is 0. The van der Waals surface area contributed by atoms with E-state index in [9.17, 15) is 4.79 Å². The lowest BCUT2D eigenvalue weighted by atomic mass is 10.6. The van der Waals surface area contributed by atoms with Gasteiger partial charge in [-0.25, -0.2) is 4.98 Å². The van der Waals surface area contributed by atoms with E-state index in [2.05, 4.69) is 4.98 Å². The average Bonchev–Trinajstić information content (AvgIpc) is 1.99. The van der Waals surface area contributed by atoms with E-state index in [1.807, 2.05) is 22.6 Å². The molecule has 60 valence electrons. The summed E-state index contributed by atoms with van der Waals surface area (Å²) in [4.78, 5) is 15.1. The predicted molar refractivity (Wildman–Crippen MR) is 51.9 cm³/mol. The second-order valence-electron chi connectivity index (χ2n) is 1.93. The molecule has 0 saturated heterocycles. The third-order valence-corrected chi connectivity index (χ3v) is 2.09. The van der Waals surface area contributed by atoms with Crippen LogP contribution in [0, 0.1) is 3.57 Å². The SMILES string of the molecule is O=c1c(I)cncn1CCCl. The molecule has 0 bridgehead atoms. The summed E-state index contributed by atoms with van der Waals surface area (Å²) >= 11 is 7.42. The third-order valence-electron chi connectivity index (χ3n) is 1.18. The summed E-state index contributed by atoms with van der Waals surface area (Å²) in [6, 6.07) is 0. The molecule has 0 aromatic carbocycles. The highest BCUT2D eigenvalue weighted by atomic mass is 127. The maximum absolute atomic E-state index is 11.2. The topological polar surface area (TPSA) is 34.9 Å². The van der Waals surface area contributed by atoms with Gasteiger partial charge in [-0.2, -0.15) is 0 Å². The minimum atomic E-state index is -0.0266. The number of nitrogens with zero attached hydrogens (tertiary/aromatic N) is 2. The Morgan fingerprint density at radius 3 is 3.09 bits per heavy atom. The smallest absolute Gasteiger partial charge is 0.266 e. The number of hydrogen-bond donors (Lipinski definition) is 0. The summed E-state index contributed by atoms with van der Waals surface area (Å²) in [6.07, 6.45) is 3.03. The van der Waals surface area contributed by atoms with Gasteiger partial charge in [0.15, 0.2) is 0 Å². The van der Waals surface area contributed by atoms with E-state index in [-0.39, 0.29) is 5.56 Å². The molecule has 1 heterocycles. The highest BCUT2D eigenvalue weighted by Gasteiger charge is 1.98. The van der Waals surface area contributed by atoms with E-state index in [0.717, 1.165) is 0 Å². The fourth-order valence-corrected chi connectivity index (χ4v) is 1.33. The first-order valence-electron chi connectivity index (χ1n) is 3.01. The Kier molecular flexibility index (Phi) is 3.32. The van der Waals surface area contributed by atoms with Crippen LogP contribution in [-0.2, 0) is 6.54 Å². The second-order valence-corrected chi connectivity index (χ2v) is 3.47. The molecule has 1 rings (SSSR count). The van der Waals surface area contributed by atoms with Crippen molar-refractivity contribution in [1.82, 2.24) is 9.55 Å². The Morgan fingerprint density at radius 1 is 1.73 bits per heavy atom. The summed E-state index contributed by atoms with van der Waals surface area (Å²) in [6.45, 7) is 0.518. The van der Waals surface area contributed by atoms with Crippen LogP contribution in [0.5, 0.6) is 0 Å². The van der Waals surface area contributed by atoms with Crippen molar-refractivity contribution in [2.75, 3.05) is 5.88 Å². The molecule has 0 fully saturated rings. The standard InChI is InChI=1S/C6H6ClIN2O/c7-1-2-10-4-9-3-5(8)6(10)11/h3-4H,1-2H2. The first-order valence-corrected chi connectivity index (χ1v) is 4.63. The minimum absolute atomic E-state index is 0.0266. The largest absolute Gasteiger partial charge is 0.297 e. The minimum Gasteiger partial charge on any atom is -0.297 e. The van der Waals surface area contributed by atoms with Crippen molar-refractivity contribution in [3.05, 3.63) is 26.4 Å². The van der Waals surface area contributed by atoms with E-state index >= 15 is 0 Å². The van der Waals surface area contributed by atoms with Crippen LogP contribution in [0.1, 0.15) is 0 Å². The van der Waals surface area contributed by atoms with Crippen LogP contribution in [0.4, 0.5) is 0 Å². The van der Waals surface area contributed by atoms with Crippen molar-refractivity contribution < 1.29 is 0 Å². The van der Waals surface area contributed by atoms with Gasteiger partial charge in [-0.05, 0) is 22.6 Å². The fraction of sp³-hybridized carbons (Fsp3) is 0.333. The number of alkyl halides is 1. The first kappa shape index (κ1) is 8.99. The van der Waals surface area contributed by atoms with Crippen LogP contribution in [0.2, 0.25) is 0 Å². The van der Waals surface area contributed by atoms with E-state index < -0.39 is 0 Å². The molecule has 0 aliphatic carbocycles. The molecule has 0 spiro atoms. The molecule has 0 unspecified atom stereocenters. The van der Waals surface area contributed by atoms with Gasteiger partial charge in [0.1, 0.15) is 0 Å². The van der Waals surface area contributed by atoms with E-state index in [4.69, 9.17) is 11.6 Å². The second kappa shape index (κ2) is 4.06. The number of rotatable bonds is 2. The number of aryl methyl sites for hydroxylation is 1. The number of hydrogen-bond acceptors (Lipinski definition) is 2. The quantitative estimate of drug-likeness (QED) is 0.602. The summed E-state index contributed by atoms with van der Waals surface area (Å²) < 4.78 is 2.12. The van der Waals surface area contributed by atoms with Crippen LogP contribution < -0.4 is 5.56 Å². The first-order chi connectivity index (χ1) is 5.25. The van der Waals surface area contributed by atoms with Crippen LogP contribution in [-0.4, -0.2) is 15.4 Å². The van der Waals surface area contributed by atoms with Crippen LogP contribution in [0.3, 0.4) is 0 Å². The van der Waals surface area contributed by atoms with E-state index in [1.165, 1.54) is 17.1 Å². The van der Waals surface area contributed by atoms with Crippen LogP contribution in [0.25, 0.3) is 0 Å². The monoisotopic (exact) mass is 284 g/mol. The van der Waals surface area contributed by atoms with Crippen molar-refractivity contribution in [3.63, 3.8) is 0 Å². The average molecular weight is 284 g/mol. The van der Waals surface area contributed by atoms with Gasteiger partial charge < -0.3 is 0 Å². The zero-order valence-electron chi connectivity index (χ0n) is 5.63.